The first-order valence-corrected chi connectivity index (χ1v) is 7.14. The van der Waals surface area contributed by atoms with Crippen LogP contribution in [0.15, 0.2) is 0 Å². The van der Waals surface area contributed by atoms with Crippen molar-refractivity contribution in [3.05, 3.63) is 0 Å². The zero-order valence-corrected chi connectivity index (χ0v) is 10.3. The van der Waals surface area contributed by atoms with E-state index in [-0.39, 0.29) is 6.04 Å². The lowest BCUT2D eigenvalue weighted by atomic mass is 9.84. The average Bonchev–Trinajstić information content (AvgIpc) is 2.01. The van der Waals surface area contributed by atoms with Crippen LogP contribution in [0.5, 0.6) is 0 Å². The second kappa shape index (κ2) is 4.19. The molecule has 0 bridgehead atoms. The molecule has 0 N–H and O–H groups in total. The van der Waals surface area contributed by atoms with E-state index in [4.69, 9.17) is 0 Å². The topological polar surface area (TPSA) is 37.4 Å². The molecule has 1 rings (SSSR count). The molecule has 1 saturated heterocycles. The van der Waals surface area contributed by atoms with E-state index >= 15 is 0 Å². The molecule has 3 nitrogen and oxygen atoms in total. The lowest BCUT2D eigenvalue weighted by Gasteiger charge is -2.37. The van der Waals surface area contributed by atoms with Crippen molar-refractivity contribution in [3.8, 4) is 0 Å². The Morgan fingerprint density at radius 3 is 2.29 bits per heavy atom. The fraction of sp³-hybridized carbons (Fsp3) is 1.00. The maximum absolute atomic E-state index is 11.4. The van der Waals surface area contributed by atoms with Crippen molar-refractivity contribution in [2.75, 3.05) is 12.8 Å². The van der Waals surface area contributed by atoms with E-state index in [0.717, 1.165) is 12.8 Å². The summed E-state index contributed by atoms with van der Waals surface area (Å²) in [6, 6.07) is 0.172. The molecule has 84 valence electrons. The molecule has 0 spiro atoms. The van der Waals surface area contributed by atoms with Crippen LogP contribution in [-0.2, 0) is 10.0 Å². The summed E-state index contributed by atoms with van der Waals surface area (Å²) >= 11 is 0. The molecule has 1 aliphatic rings. The summed E-state index contributed by atoms with van der Waals surface area (Å²) in [5.41, 5.74) is 0. The SMILES string of the molecule is CC(C)C1CCN(S(C)(=O)=O)C(C)C1. The van der Waals surface area contributed by atoms with Gasteiger partial charge in [-0.05, 0) is 31.6 Å². The van der Waals surface area contributed by atoms with Gasteiger partial charge in [0, 0.05) is 12.6 Å². The highest BCUT2D eigenvalue weighted by atomic mass is 32.2. The normalized spacial score (nSPS) is 30.9. The van der Waals surface area contributed by atoms with Crippen LogP contribution in [0.3, 0.4) is 0 Å². The molecule has 0 aromatic rings. The highest BCUT2D eigenvalue weighted by molar-refractivity contribution is 7.88. The monoisotopic (exact) mass is 219 g/mol. The Labute approximate surface area is 87.5 Å². The molecule has 0 aromatic heterocycles. The molecule has 1 aliphatic heterocycles. The fourth-order valence-electron chi connectivity index (χ4n) is 2.29. The predicted molar refractivity (Wildman–Crippen MR) is 58.6 cm³/mol. The number of sulfonamides is 1. The zero-order valence-electron chi connectivity index (χ0n) is 9.53. The molecule has 0 aliphatic carbocycles. The minimum absolute atomic E-state index is 0.172. The Bertz CT molecular complexity index is 284. The molecule has 1 heterocycles. The van der Waals surface area contributed by atoms with Gasteiger partial charge in [-0.3, -0.25) is 0 Å². The summed E-state index contributed by atoms with van der Waals surface area (Å²) < 4.78 is 24.4. The second-order valence-electron chi connectivity index (χ2n) is 4.75. The smallest absolute Gasteiger partial charge is 0.211 e. The Balaban J connectivity index is 2.66. The molecule has 14 heavy (non-hydrogen) atoms. The van der Waals surface area contributed by atoms with Gasteiger partial charge in [-0.15, -0.1) is 0 Å². The van der Waals surface area contributed by atoms with E-state index in [1.54, 1.807) is 4.31 Å². The minimum Gasteiger partial charge on any atom is -0.212 e. The largest absolute Gasteiger partial charge is 0.212 e. The van der Waals surface area contributed by atoms with Gasteiger partial charge in [-0.1, -0.05) is 13.8 Å². The van der Waals surface area contributed by atoms with Crippen LogP contribution < -0.4 is 0 Å². The van der Waals surface area contributed by atoms with Crippen LogP contribution in [0.25, 0.3) is 0 Å². The van der Waals surface area contributed by atoms with Gasteiger partial charge in [-0.2, -0.15) is 4.31 Å². The molecule has 0 aromatic carbocycles. The van der Waals surface area contributed by atoms with Gasteiger partial charge in [0.2, 0.25) is 10.0 Å². The summed E-state index contributed by atoms with van der Waals surface area (Å²) in [6.07, 6.45) is 3.32. The highest BCUT2D eigenvalue weighted by Gasteiger charge is 2.31. The molecular weight excluding hydrogens is 198 g/mol. The number of piperidine rings is 1. The number of nitrogens with zero attached hydrogens (tertiary/aromatic N) is 1. The Kier molecular flexibility index (Phi) is 3.58. The standard InChI is InChI=1S/C10H21NO2S/c1-8(2)10-5-6-11(9(3)7-10)14(4,12)13/h8-10H,5-7H2,1-4H3. The van der Waals surface area contributed by atoms with Crippen molar-refractivity contribution in [1.29, 1.82) is 0 Å². The van der Waals surface area contributed by atoms with Crippen LogP contribution in [-0.4, -0.2) is 31.6 Å². The van der Waals surface area contributed by atoms with Crippen molar-refractivity contribution >= 4 is 10.0 Å². The molecule has 4 heteroatoms. The van der Waals surface area contributed by atoms with Gasteiger partial charge in [0.1, 0.15) is 0 Å². The first-order chi connectivity index (χ1) is 6.32. The Morgan fingerprint density at radius 1 is 1.36 bits per heavy atom. The first kappa shape index (κ1) is 12.0. The van der Waals surface area contributed by atoms with Crippen molar-refractivity contribution < 1.29 is 8.42 Å². The van der Waals surface area contributed by atoms with Gasteiger partial charge < -0.3 is 0 Å². The van der Waals surface area contributed by atoms with Gasteiger partial charge in [0.05, 0.1) is 6.26 Å². The predicted octanol–water partition coefficient (Wildman–Crippen LogP) is 1.70. The maximum Gasteiger partial charge on any atom is 0.211 e. The molecule has 2 atom stereocenters. The van der Waals surface area contributed by atoms with Crippen molar-refractivity contribution in [2.45, 2.75) is 39.7 Å². The van der Waals surface area contributed by atoms with Gasteiger partial charge in [0.15, 0.2) is 0 Å². The quantitative estimate of drug-likeness (QED) is 0.709. The molecule has 0 saturated carbocycles. The zero-order chi connectivity index (χ0) is 10.9. The van der Waals surface area contributed by atoms with Crippen LogP contribution in [0, 0.1) is 11.8 Å². The van der Waals surface area contributed by atoms with Crippen LogP contribution in [0.2, 0.25) is 0 Å². The van der Waals surface area contributed by atoms with Gasteiger partial charge >= 0.3 is 0 Å². The second-order valence-corrected chi connectivity index (χ2v) is 6.69. The summed E-state index contributed by atoms with van der Waals surface area (Å²) in [7, 11) is -2.99. The van der Waals surface area contributed by atoms with Crippen LogP contribution in [0.4, 0.5) is 0 Å². The summed E-state index contributed by atoms with van der Waals surface area (Å²) in [4.78, 5) is 0. The van der Waals surface area contributed by atoms with Crippen molar-refractivity contribution in [2.24, 2.45) is 11.8 Å². The van der Waals surface area contributed by atoms with Crippen LogP contribution >= 0.6 is 0 Å². The van der Waals surface area contributed by atoms with E-state index in [1.807, 2.05) is 6.92 Å². The lowest BCUT2D eigenvalue weighted by molar-refractivity contribution is 0.175. The van der Waals surface area contributed by atoms with E-state index < -0.39 is 10.0 Å². The first-order valence-electron chi connectivity index (χ1n) is 5.29. The van der Waals surface area contributed by atoms with E-state index in [9.17, 15) is 8.42 Å². The van der Waals surface area contributed by atoms with Gasteiger partial charge in [-0.25, -0.2) is 8.42 Å². The van der Waals surface area contributed by atoms with Crippen LogP contribution in [0.1, 0.15) is 33.6 Å². The molecular formula is C10H21NO2S. The van der Waals surface area contributed by atoms with Crippen molar-refractivity contribution in [3.63, 3.8) is 0 Å². The molecule has 1 fully saturated rings. The number of hydrogen-bond donors (Lipinski definition) is 0. The third kappa shape index (κ3) is 2.70. The van der Waals surface area contributed by atoms with Crippen molar-refractivity contribution in [1.82, 2.24) is 4.31 Å². The Hall–Kier alpha value is -0.0900. The molecule has 0 amide bonds. The maximum atomic E-state index is 11.4. The third-order valence-corrected chi connectivity index (χ3v) is 4.62. The van der Waals surface area contributed by atoms with E-state index in [1.165, 1.54) is 6.26 Å². The number of hydrogen-bond acceptors (Lipinski definition) is 2. The summed E-state index contributed by atoms with van der Waals surface area (Å²) in [5.74, 6) is 1.35. The third-order valence-electron chi connectivity index (χ3n) is 3.22. The van der Waals surface area contributed by atoms with E-state index in [0.29, 0.717) is 18.4 Å². The summed E-state index contributed by atoms with van der Waals surface area (Å²) in [5, 5.41) is 0. The summed E-state index contributed by atoms with van der Waals surface area (Å²) in [6.45, 7) is 7.14. The van der Waals surface area contributed by atoms with E-state index in [2.05, 4.69) is 13.8 Å². The molecule has 0 radical (unpaired) electrons. The minimum atomic E-state index is -2.99. The average molecular weight is 219 g/mol. The lowest BCUT2D eigenvalue weighted by Crippen LogP contribution is -2.44. The number of rotatable bonds is 2. The van der Waals surface area contributed by atoms with Gasteiger partial charge in [0.25, 0.3) is 0 Å². The molecule has 2 unspecified atom stereocenters. The highest BCUT2D eigenvalue weighted by Crippen LogP contribution is 2.29. The fourth-order valence-corrected chi connectivity index (χ4v) is 3.46. The Morgan fingerprint density at radius 2 is 1.93 bits per heavy atom.